The van der Waals surface area contributed by atoms with Crippen LogP contribution in [0.5, 0.6) is 11.5 Å². The smallest absolute Gasteiger partial charge is 0.191 e. The number of ether oxygens (including phenoxy) is 3. The Kier molecular flexibility index (Phi) is 7.30. The highest BCUT2D eigenvalue weighted by Crippen LogP contribution is 2.29. The van der Waals surface area contributed by atoms with E-state index in [-0.39, 0.29) is 18.7 Å². The molecular weight excluding hydrogens is 373 g/mol. The van der Waals surface area contributed by atoms with Crippen molar-refractivity contribution in [2.45, 2.75) is 33.0 Å². The number of nitrogens with zero attached hydrogens (tertiary/aromatic N) is 1. The molecule has 0 saturated heterocycles. The number of fused-ring (bicyclic) bond motifs is 1. The van der Waals surface area contributed by atoms with Crippen molar-refractivity contribution < 1.29 is 18.6 Å². The predicted molar refractivity (Wildman–Crippen MR) is 111 cm³/mol. The minimum atomic E-state index is -0.280. The topological polar surface area (TPSA) is 64.1 Å². The Labute approximate surface area is 171 Å². The highest BCUT2D eigenvalue weighted by molar-refractivity contribution is 5.79. The second kappa shape index (κ2) is 10.1. The van der Waals surface area contributed by atoms with Crippen LogP contribution in [0, 0.1) is 12.7 Å². The van der Waals surface area contributed by atoms with E-state index in [1.807, 2.05) is 38.1 Å². The first-order valence-electron chi connectivity index (χ1n) is 9.75. The molecule has 3 rings (SSSR count). The minimum Gasteiger partial charge on any atom is -0.489 e. The van der Waals surface area contributed by atoms with Gasteiger partial charge in [0.25, 0.3) is 0 Å². The van der Waals surface area contributed by atoms with Crippen LogP contribution < -0.4 is 20.1 Å². The highest BCUT2D eigenvalue weighted by atomic mass is 19.1. The Hall–Kier alpha value is -2.80. The van der Waals surface area contributed by atoms with Crippen molar-refractivity contribution in [2.75, 3.05) is 26.9 Å². The quantitative estimate of drug-likeness (QED) is 0.551. The van der Waals surface area contributed by atoms with Gasteiger partial charge in [0.1, 0.15) is 23.4 Å². The highest BCUT2D eigenvalue weighted by Gasteiger charge is 2.17. The van der Waals surface area contributed by atoms with Crippen molar-refractivity contribution in [3.05, 3.63) is 58.9 Å². The number of benzene rings is 2. The Morgan fingerprint density at radius 3 is 2.93 bits per heavy atom. The lowest BCUT2D eigenvalue weighted by atomic mass is 10.1. The summed E-state index contributed by atoms with van der Waals surface area (Å²) in [5.74, 6) is 1.96. The Balaban J connectivity index is 1.47. The number of nitrogens with one attached hydrogen (secondary N) is 2. The first-order chi connectivity index (χ1) is 14.0. The number of hydrogen-bond acceptors (Lipinski definition) is 4. The number of aliphatic imine (C=N–C) groups is 1. The third-order valence-electron chi connectivity index (χ3n) is 4.55. The minimum absolute atomic E-state index is 0.0287. The second-order valence-electron chi connectivity index (χ2n) is 7.04. The second-order valence-corrected chi connectivity index (χ2v) is 7.04. The molecule has 1 aliphatic heterocycles. The Morgan fingerprint density at radius 2 is 2.14 bits per heavy atom. The lowest BCUT2D eigenvalue weighted by Crippen LogP contribution is -2.42. The van der Waals surface area contributed by atoms with E-state index in [9.17, 15) is 4.39 Å². The van der Waals surface area contributed by atoms with Crippen molar-refractivity contribution in [3.63, 3.8) is 0 Å². The van der Waals surface area contributed by atoms with Gasteiger partial charge in [0, 0.05) is 19.2 Å². The van der Waals surface area contributed by atoms with Crippen LogP contribution in [0.25, 0.3) is 0 Å². The summed E-state index contributed by atoms with van der Waals surface area (Å²) in [7, 11) is 1.71. The van der Waals surface area contributed by atoms with Gasteiger partial charge >= 0.3 is 0 Å². The van der Waals surface area contributed by atoms with E-state index in [0.29, 0.717) is 32.1 Å². The maximum Gasteiger partial charge on any atom is 0.191 e. The molecule has 0 radical (unpaired) electrons. The third-order valence-corrected chi connectivity index (χ3v) is 4.55. The fraction of sp³-hybridized carbons (Fsp3) is 0.409. The molecule has 0 spiro atoms. The zero-order valence-corrected chi connectivity index (χ0v) is 17.1. The first-order valence-corrected chi connectivity index (χ1v) is 9.75. The fourth-order valence-corrected chi connectivity index (χ4v) is 3.18. The molecule has 0 fully saturated rings. The summed E-state index contributed by atoms with van der Waals surface area (Å²) in [6.07, 6.45) is 0.579. The van der Waals surface area contributed by atoms with E-state index in [2.05, 4.69) is 15.6 Å². The molecule has 0 amide bonds. The van der Waals surface area contributed by atoms with E-state index >= 15 is 0 Å². The molecule has 0 aliphatic carbocycles. The number of aryl methyl sites for hydroxylation is 1. The molecule has 1 unspecified atom stereocenters. The molecule has 0 aromatic heterocycles. The van der Waals surface area contributed by atoms with Crippen molar-refractivity contribution in [3.8, 4) is 11.5 Å². The molecule has 156 valence electrons. The van der Waals surface area contributed by atoms with Crippen LogP contribution >= 0.6 is 0 Å². The number of hydrogen-bond donors (Lipinski definition) is 2. The SMILES string of the molecule is CN=C(NCCc1cc(F)cc2c1OCOC2)NCC(C)Oc1cccc(C)c1. The number of guanidine groups is 1. The lowest BCUT2D eigenvalue weighted by molar-refractivity contribution is -0.0172. The largest absolute Gasteiger partial charge is 0.489 e. The van der Waals surface area contributed by atoms with Crippen LogP contribution in [-0.4, -0.2) is 39.0 Å². The van der Waals surface area contributed by atoms with Crippen molar-refractivity contribution in [1.82, 2.24) is 10.6 Å². The van der Waals surface area contributed by atoms with E-state index in [1.54, 1.807) is 7.05 Å². The number of rotatable bonds is 7. The monoisotopic (exact) mass is 401 g/mol. The third kappa shape index (κ3) is 6.09. The van der Waals surface area contributed by atoms with E-state index in [0.717, 1.165) is 28.2 Å². The van der Waals surface area contributed by atoms with Gasteiger partial charge in [0.2, 0.25) is 0 Å². The summed E-state index contributed by atoms with van der Waals surface area (Å²) in [4.78, 5) is 4.23. The van der Waals surface area contributed by atoms with Crippen LogP contribution in [0.2, 0.25) is 0 Å². The standard InChI is InChI=1S/C22H28FN3O3/c1-15-5-4-6-20(9-15)29-16(2)12-26-22(24-3)25-8-7-17-10-19(23)11-18-13-27-14-28-21(17)18/h4-6,9-11,16H,7-8,12-14H2,1-3H3,(H2,24,25,26). The molecule has 2 N–H and O–H groups in total. The zero-order valence-electron chi connectivity index (χ0n) is 17.1. The summed E-state index contributed by atoms with van der Waals surface area (Å²) >= 11 is 0. The zero-order chi connectivity index (χ0) is 20.6. The van der Waals surface area contributed by atoms with Crippen molar-refractivity contribution in [2.24, 2.45) is 4.99 Å². The summed E-state index contributed by atoms with van der Waals surface area (Å²) < 4.78 is 30.5. The van der Waals surface area contributed by atoms with Gasteiger partial charge in [0.15, 0.2) is 12.8 Å². The molecule has 1 heterocycles. The summed E-state index contributed by atoms with van der Waals surface area (Å²) in [5.41, 5.74) is 2.73. The van der Waals surface area contributed by atoms with Gasteiger partial charge in [0.05, 0.1) is 13.2 Å². The van der Waals surface area contributed by atoms with Gasteiger partial charge in [-0.05, 0) is 55.7 Å². The molecule has 0 bridgehead atoms. The van der Waals surface area contributed by atoms with Crippen LogP contribution in [-0.2, 0) is 17.8 Å². The number of halogens is 1. The lowest BCUT2D eigenvalue weighted by Gasteiger charge is -2.21. The van der Waals surface area contributed by atoms with Crippen LogP contribution in [0.3, 0.4) is 0 Å². The molecule has 2 aromatic carbocycles. The van der Waals surface area contributed by atoms with Crippen LogP contribution in [0.1, 0.15) is 23.6 Å². The molecular formula is C22H28FN3O3. The average Bonchev–Trinajstić information content (AvgIpc) is 2.70. The summed E-state index contributed by atoms with van der Waals surface area (Å²) in [6, 6.07) is 10.9. The van der Waals surface area contributed by atoms with Gasteiger partial charge in [-0.15, -0.1) is 0 Å². The Morgan fingerprint density at radius 1 is 1.28 bits per heavy atom. The molecule has 29 heavy (non-hydrogen) atoms. The van der Waals surface area contributed by atoms with Crippen molar-refractivity contribution in [1.29, 1.82) is 0 Å². The van der Waals surface area contributed by atoms with Crippen LogP contribution in [0.4, 0.5) is 4.39 Å². The first kappa shape index (κ1) is 20.9. The van der Waals surface area contributed by atoms with E-state index in [4.69, 9.17) is 14.2 Å². The normalized spacial score (nSPS) is 14.6. The van der Waals surface area contributed by atoms with Crippen molar-refractivity contribution >= 4 is 5.96 Å². The van der Waals surface area contributed by atoms with Gasteiger partial charge in [-0.2, -0.15) is 0 Å². The maximum atomic E-state index is 13.8. The fourth-order valence-electron chi connectivity index (χ4n) is 3.18. The molecule has 7 heteroatoms. The molecule has 2 aromatic rings. The summed E-state index contributed by atoms with van der Waals surface area (Å²) in [6.45, 7) is 5.80. The molecule has 6 nitrogen and oxygen atoms in total. The van der Waals surface area contributed by atoms with Gasteiger partial charge in [-0.1, -0.05) is 12.1 Å². The van der Waals surface area contributed by atoms with E-state index in [1.165, 1.54) is 12.1 Å². The van der Waals surface area contributed by atoms with E-state index < -0.39 is 0 Å². The van der Waals surface area contributed by atoms with Gasteiger partial charge < -0.3 is 24.8 Å². The van der Waals surface area contributed by atoms with Gasteiger partial charge in [-0.3, -0.25) is 4.99 Å². The summed E-state index contributed by atoms with van der Waals surface area (Å²) in [5, 5.41) is 6.50. The molecule has 0 saturated carbocycles. The predicted octanol–water partition coefficient (Wildman–Crippen LogP) is 3.18. The Bertz CT molecular complexity index is 857. The van der Waals surface area contributed by atoms with Gasteiger partial charge in [-0.25, -0.2) is 4.39 Å². The maximum absolute atomic E-state index is 13.8. The molecule has 1 aliphatic rings. The van der Waals surface area contributed by atoms with Crippen LogP contribution in [0.15, 0.2) is 41.4 Å². The average molecular weight is 401 g/mol. The molecule has 1 atom stereocenters.